The molecule has 0 saturated carbocycles. The summed E-state index contributed by atoms with van der Waals surface area (Å²) in [5.41, 5.74) is -0.684. The number of nitriles is 1. The SMILES string of the molecule is CC(C)(CCCO)C(=O)CC#N.CC1(C)CCCOC1=O. The normalized spacial score (nSPS) is 17.0. The van der Waals surface area contributed by atoms with E-state index in [1.807, 2.05) is 33.8 Å². The lowest BCUT2D eigenvalue weighted by molar-refractivity contribution is -0.159. The average molecular weight is 297 g/mol. The lowest BCUT2D eigenvalue weighted by Gasteiger charge is -2.26. The number of nitrogens with zero attached hydrogens (tertiary/aromatic N) is 1. The predicted molar refractivity (Wildman–Crippen MR) is 79.3 cm³/mol. The van der Waals surface area contributed by atoms with E-state index in [1.165, 1.54) is 0 Å². The molecule has 0 bridgehead atoms. The number of aliphatic hydroxyl groups excluding tert-OH is 1. The lowest BCUT2D eigenvalue weighted by Crippen LogP contribution is -2.31. The molecule has 1 fully saturated rings. The van der Waals surface area contributed by atoms with Crippen molar-refractivity contribution >= 4 is 11.8 Å². The molecule has 1 N–H and O–H groups in total. The molecule has 1 saturated heterocycles. The molecule has 0 atom stereocenters. The van der Waals surface area contributed by atoms with E-state index in [2.05, 4.69) is 0 Å². The lowest BCUT2D eigenvalue weighted by atomic mass is 9.82. The Morgan fingerprint density at radius 1 is 1.48 bits per heavy atom. The molecule has 5 nitrogen and oxygen atoms in total. The van der Waals surface area contributed by atoms with Crippen LogP contribution in [0.15, 0.2) is 0 Å². The van der Waals surface area contributed by atoms with Crippen LogP contribution in [0.5, 0.6) is 0 Å². The Kier molecular flexibility index (Phi) is 8.19. The Morgan fingerprint density at radius 2 is 2.10 bits per heavy atom. The molecule has 1 heterocycles. The zero-order chi connectivity index (χ0) is 16.5. The summed E-state index contributed by atoms with van der Waals surface area (Å²) in [6.07, 6.45) is 3.21. The quantitative estimate of drug-likeness (QED) is 0.788. The van der Waals surface area contributed by atoms with E-state index in [4.69, 9.17) is 15.1 Å². The first-order valence-corrected chi connectivity index (χ1v) is 7.36. The minimum atomic E-state index is -0.460. The Bertz CT molecular complexity index is 394. The molecule has 0 aliphatic carbocycles. The van der Waals surface area contributed by atoms with Crippen molar-refractivity contribution in [3.05, 3.63) is 0 Å². The summed E-state index contributed by atoms with van der Waals surface area (Å²) in [6, 6.07) is 1.84. The van der Waals surface area contributed by atoms with Gasteiger partial charge in [-0.05, 0) is 39.5 Å². The van der Waals surface area contributed by atoms with Crippen molar-refractivity contribution in [3.8, 4) is 6.07 Å². The standard InChI is InChI=1S/C9H15NO2.C7H12O2/c1-9(2,5-3-7-11)8(12)4-6-10;1-7(2)4-3-5-9-6(7)8/h11H,3-5,7H2,1-2H3;3-5H2,1-2H3. The molecule has 0 aromatic rings. The van der Waals surface area contributed by atoms with Crippen molar-refractivity contribution in [2.75, 3.05) is 13.2 Å². The van der Waals surface area contributed by atoms with Crippen LogP contribution >= 0.6 is 0 Å². The van der Waals surface area contributed by atoms with Crippen LogP contribution < -0.4 is 0 Å². The number of hydrogen-bond donors (Lipinski definition) is 1. The number of rotatable bonds is 5. The molecule has 5 heteroatoms. The van der Waals surface area contributed by atoms with E-state index >= 15 is 0 Å². The van der Waals surface area contributed by atoms with Gasteiger partial charge in [0.2, 0.25) is 0 Å². The number of hydrogen-bond acceptors (Lipinski definition) is 5. The van der Waals surface area contributed by atoms with Crippen LogP contribution in [0.1, 0.15) is 59.8 Å². The van der Waals surface area contributed by atoms with Gasteiger partial charge in [-0.25, -0.2) is 0 Å². The van der Waals surface area contributed by atoms with Crippen LogP contribution in [-0.2, 0) is 14.3 Å². The molecule has 120 valence electrons. The third kappa shape index (κ3) is 7.24. The second-order valence-corrected chi connectivity index (χ2v) is 6.59. The highest BCUT2D eigenvalue weighted by atomic mass is 16.5. The van der Waals surface area contributed by atoms with E-state index in [9.17, 15) is 9.59 Å². The van der Waals surface area contributed by atoms with Crippen LogP contribution in [-0.4, -0.2) is 30.1 Å². The molecule has 0 amide bonds. The van der Waals surface area contributed by atoms with Gasteiger partial charge < -0.3 is 9.84 Å². The maximum absolute atomic E-state index is 11.3. The molecule has 0 spiro atoms. The fourth-order valence-corrected chi connectivity index (χ4v) is 1.95. The summed E-state index contributed by atoms with van der Waals surface area (Å²) in [6.45, 7) is 8.18. The van der Waals surface area contributed by atoms with Gasteiger partial charge in [0.05, 0.1) is 24.5 Å². The minimum Gasteiger partial charge on any atom is -0.465 e. The van der Waals surface area contributed by atoms with Crippen molar-refractivity contribution < 1.29 is 19.4 Å². The van der Waals surface area contributed by atoms with Crippen molar-refractivity contribution in [3.63, 3.8) is 0 Å². The van der Waals surface area contributed by atoms with Crippen molar-refractivity contribution in [2.24, 2.45) is 10.8 Å². The second kappa shape index (κ2) is 8.78. The molecular weight excluding hydrogens is 270 g/mol. The molecule has 1 aliphatic heterocycles. The van der Waals surface area contributed by atoms with Gasteiger partial charge in [0.1, 0.15) is 0 Å². The zero-order valence-corrected chi connectivity index (χ0v) is 13.6. The third-order valence-electron chi connectivity index (χ3n) is 3.69. The van der Waals surface area contributed by atoms with E-state index in [0.29, 0.717) is 19.4 Å². The fourth-order valence-electron chi connectivity index (χ4n) is 1.95. The molecule has 1 rings (SSSR count). The van der Waals surface area contributed by atoms with E-state index in [0.717, 1.165) is 12.8 Å². The number of cyclic esters (lactones) is 1. The Morgan fingerprint density at radius 3 is 2.48 bits per heavy atom. The second-order valence-electron chi connectivity index (χ2n) is 6.59. The van der Waals surface area contributed by atoms with Gasteiger partial charge >= 0.3 is 5.97 Å². The number of carbonyl (C=O) groups excluding carboxylic acids is 2. The van der Waals surface area contributed by atoms with E-state index in [-0.39, 0.29) is 30.2 Å². The highest BCUT2D eigenvalue weighted by Crippen LogP contribution is 2.27. The number of carbonyl (C=O) groups is 2. The number of aliphatic hydroxyl groups is 1. The molecule has 21 heavy (non-hydrogen) atoms. The van der Waals surface area contributed by atoms with Crippen LogP contribution in [0, 0.1) is 22.2 Å². The van der Waals surface area contributed by atoms with Gasteiger partial charge in [-0.3, -0.25) is 9.59 Å². The zero-order valence-electron chi connectivity index (χ0n) is 13.6. The van der Waals surface area contributed by atoms with Crippen molar-refractivity contribution in [1.82, 2.24) is 0 Å². The van der Waals surface area contributed by atoms with Gasteiger partial charge in [0.25, 0.3) is 0 Å². The van der Waals surface area contributed by atoms with Crippen LogP contribution in [0.3, 0.4) is 0 Å². The van der Waals surface area contributed by atoms with Crippen LogP contribution in [0.2, 0.25) is 0 Å². The Balaban J connectivity index is 0.000000394. The van der Waals surface area contributed by atoms with Crippen LogP contribution in [0.25, 0.3) is 0 Å². The first-order valence-electron chi connectivity index (χ1n) is 7.36. The maximum Gasteiger partial charge on any atom is 0.311 e. The monoisotopic (exact) mass is 297 g/mol. The summed E-state index contributed by atoms with van der Waals surface area (Å²) in [4.78, 5) is 22.2. The molecule has 0 aromatic heterocycles. The van der Waals surface area contributed by atoms with E-state index < -0.39 is 5.41 Å². The van der Waals surface area contributed by atoms with E-state index in [1.54, 1.807) is 0 Å². The summed E-state index contributed by atoms with van der Waals surface area (Å²) in [5.74, 6) is -0.0906. The highest BCUT2D eigenvalue weighted by molar-refractivity contribution is 5.85. The third-order valence-corrected chi connectivity index (χ3v) is 3.69. The van der Waals surface area contributed by atoms with Gasteiger partial charge in [0.15, 0.2) is 5.78 Å². The summed E-state index contributed by atoms with van der Waals surface area (Å²) < 4.78 is 4.85. The Hall–Kier alpha value is -1.41. The number of Topliss-reactive ketones (excluding diaryl/α,β-unsaturated/α-hetero) is 1. The maximum atomic E-state index is 11.3. The molecule has 0 aromatic carbocycles. The number of ether oxygens (including phenoxy) is 1. The molecule has 1 aliphatic rings. The van der Waals surface area contributed by atoms with Crippen LogP contribution in [0.4, 0.5) is 0 Å². The average Bonchev–Trinajstić information content (AvgIpc) is 2.41. The number of esters is 1. The predicted octanol–water partition coefficient (Wildman–Crippen LogP) is 2.62. The number of ketones is 1. The largest absolute Gasteiger partial charge is 0.465 e. The smallest absolute Gasteiger partial charge is 0.311 e. The summed E-state index contributed by atoms with van der Waals surface area (Å²) >= 11 is 0. The fraction of sp³-hybridized carbons (Fsp3) is 0.812. The minimum absolute atomic E-state index is 0.0293. The van der Waals surface area contributed by atoms with Gasteiger partial charge in [0, 0.05) is 12.0 Å². The van der Waals surface area contributed by atoms with Gasteiger partial charge in [-0.15, -0.1) is 0 Å². The van der Waals surface area contributed by atoms with Crippen molar-refractivity contribution in [2.45, 2.75) is 59.8 Å². The Labute approximate surface area is 127 Å². The first-order chi connectivity index (χ1) is 9.67. The highest BCUT2D eigenvalue weighted by Gasteiger charge is 2.31. The topological polar surface area (TPSA) is 87.4 Å². The molecule has 0 unspecified atom stereocenters. The molecule has 0 radical (unpaired) electrons. The molecular formula is C16H27NO4. The summed E-state index contributed by atoms with van der Waals surface area (Å²) in [5, 5.41) is 16.9. The van der Waals surface area contributed by atoms with Gasteiger partial charge in [-0.1, -0.05) is 13.8 Å². The van der Waals surface area contributed by atoms with Gasteiger partial charge in [-0.2, -0.15) is 5.26 Å². The van der Waals surface area contributed by atoms with Crippen molar-refractivity contribution in [1.29, 1.82) is 5.26 Å². The first kappa shape index (κ1) is 19.6. The summed E-state index contributed by atoms with van der Waals surface area (Å²) in [7, 11) is 0.